The lowest BCUT2D eigenvalue weighted by molar-refractivity contribution is -0.150. The lowest BCUT2D eigenvalue weighted by Crippen LogP contribution is -2.36. The van der Waals surface area contributed by atoms with Crippen LogP contribution < -0.4 is 0 Å². The fourth-order valence-corrected chi connectivity index (χ4v) is 1.94. The lowest BCUT2D eigenvalue weighted by Gasteiger charge is -2.21. The van der Waals surface area contributed by atoms with Crippen LogP contribution in [-0.2, 0) is 14.9 Å². The standard InChI is InChI=1S/C10H12N2O3/c1-15-8(9(13)14)10(3-4-10)7-2-5-11-6-12-7/h2,5-6,8H,3-4H2,1H3,(H,13,14). The summed E-state index contributed by atoms with van der Waals surface area (Å²) >= 11 is 0. The Morgan fingerprint density at radius 2 is 2.40 bits per heavy atom. The summed E-state index contributed by atoms with van der Waals surface area (Å²) in [6.07, 6.45) is 3.84. The molecule has 15 heavy (non-hydrogen) atoms. The third kappa shape index (κ3) is 1.59. The number of carboxylic acid groups (broad SMARTS) is 1. The summed E-state index contributed by atoms with van der Waals surface area (Å²) in [5.74, 6) is -0.936. The molecule has 0 bridgehead atoms. The van der Waals surface area contributed by atoms with Crippen LogP contribution in [0.15, 0.2) is 18.6 Å². The monoisotopic (exact) mass is 208 g/mol. The topological polar surface area (TPSA) is 72.3 Å². The Balaban J connectivity index is 2.31. The molecule has 1 atom stereocenters. The zero-order valence-electron chi connectivity index (χ0n) is 8.38. The zero-order chi connectivity index (χ0) is 10.9. The van der Waals surface area contributed by atoms with E-state index in [4.69, 9.17) is 9.84 Å². The Morgan fingerprint density at radius 3 is 2.80 bits per heavy atom. The summed E-state index contributed by atoms with van der Waals surface area (Å²) in [6.45, 7) is 0. The van der Waals surface area contributed by atoms with Crippen molar-refractivity contribution in [3.05, 3.63) is 24.3 Å². The van der Waals surface area contributed by atoms with Crippen molar-refractivity contribution in [3.63, 3.8) is 0 Å². The van der Waals surface area contributed by atoms with Crippen molar-refractivity contribution < 1.29 is 14.6 Å². The molecule has 0 amide bonds. The molecule has 1 aliphatic rings. The van der Waals surface area contributed by atoms with Crippen LogP contribution in [0.2, 0.25) is 0 Å². The van der Waals surface area contributed by atoms with E-state index in [0.717, 1.165) is 18.5 Å². The predicted octanol–water partition coefficient (Wildman–Crippen LogP) is 0.608. The number of nitrogens with zero attached hydrogens (tertiary/aromatic N) is 2. The smallest absolute Gasteiger partial charge is 0.333 e. The van der Waals surface area contributed by atoms with Gasteiger partial charge in [-0.2, -0.15) is 0 Å². The average Bonchev–Trinajstić information content (AvgIpc) is 3.01. The molecule has 1 aliphatic carbocycles. The summed E-state index contributed by atoms with van der Waals surface area (Å²) in [5, 5.41) is 9.04. The van der Waals surface area contributed by atoms with Crippen LogP contribution >= 0.6 is 0 Å². The number of rotatable bonds is 4. The lowest BCUT2D eigenvalue weighted by atomic mass is 9.94. The molecular formula is C10H12N2O3. The van der Waals surface area contributed by atoms with Gasteiger partial charge in [0, 0.05) is 18.7 Å². The summed E-state index contributed by atoms with van der Waals surface area (Å²) < 4.78 is 5.03. The van der Waals surface area contributed by atoms with Gasteiger partial charge in [-0.25, -0.2) is 14.8 Å². The van der Waals surface area contributed by atoms with Gasteiger partial charge in [-0.1, -0.05) is 0 Å². The largest absolute Gasteiger partial charge is 0.479 e. The highest BCUT2D eigenvalue weighted by molar-refractivity contribution is 5.75. The van der Waals surface area contributed by atoms with E-state index < -0.39 is 17.5 Å². The third-order valence-corrected chi connectivity index (χ3v) is 2.84. The molecule has 0 aromatic carbocycles. The number of aliphatic carboxylic acids is 1. The molecule has 2 rings (SSSR count). The molecule has 0 radical (unpaired) electrons. The minimum absolute atomic E-state index is 0.441. The summed E-state index contributed by atoms with van der Waals surface area (Å²) in [6, 6.07) is 1.75. The fourth-order valence-electron chi connectivity index (χ4n) is 1.94. The van der Waals surface area contributed by atoms with Crippen molar-refractivity contribution in [3.8, 4) is 0 Å². The van der Waals surface area contributed by atoms with Crippen LogP contribution in [0.4, 0.5) is 0 Å². The molecule has 5 nitrogen and oxygen atoms in total. The van der Waals surface area contributed by atoms with Gasteiger partial charge in [-0.05, 0) is 18.9 Å². The Bertz CT molecular complexity index is 362. The van der Waals surface area contributed by atoms with E-state index in [-0.39, 0.29) is 0 Å². The van der Waals surface area contributed by atoms with E-state index in [1.165, 1.54) is 13.4 Å². The van der Waals surface area contributed by atoms with Crippen LogP contribution in [0, 0.1) is 0 Å². The van der Waals surface area contributed by atoms with Gasteiger partial charge in [0.2, 0.25) is 0 Å². The maximum Gasteiger partial charge on any atom is 0.333 e. The maximum atomic E-state index is 11.0. The van der Waals surface area contributed by atoms with Gasteiger partial charge < -0.3 is 9.84 Å². The number of carboxylic acids is 1. The molecule has 0 saturated heterocycles. The Hall–Kier alpha value is -1.49. The molecule has 5 heteroatoms. The summed E-state index contributed by atoms with van der Waals surface area (Å²) in [5.41, 5.74) is 0.315. The number of hydrogen-bond acceptors (Lipinski definition) is 4. The van der Waals surface area contributed by atoms with E-state index >= 15 is 0 Å². The van der Waals surface area contributed by atoms with Crippen molar-refractivity contribution in [1.82, 2.24) is 9.97 Å². The van der Waals surface area contributed by atoms with Gasteiger partial charge >= 0.3 is 5.97 Å². The van der Waals surface area contributed by atoms with Gasteiger partial charge in [0.05, 0.1) is 5.69 Å². The van der Waals surface area contributed by atoms with Crippen LogP contribution in [-0.4, -0.2) is 34.3 Å². The quantitative estimate of drug-likeness (QED) is 0.784. The molecule has 0 aliphatic heterocycles. The molecule has 0 spiro atoms. The molecule has 1 N–H and O–H groups in total. The van der Waals surface area contributed by atoms with Gasteiger partial charge in [-0.3, -0.25) is 0 Å². The Labute approximate surface area is 87.1 Å². The molecule has 1 aromatic heterocycles. The first-order valence-corrected chi connectivity index (χ1v) is 4.73. The second-order valence-electron chi connectivity index (χ2n) is 3.70. The van der Waals surface area contributed by atoms with Crippen LogP contribution in [0.25, 0.3) is 0 Å². The van der Waals surface area contributed by atoms with Crippen molar-refractivity contribution >= 4 is 5.97 Å². The van der Waals surface area contributed by atoms with Crippen LogP contribution in [0.1, 0.15) is 18.5 Å². The van der Waals surface area contributed by atoms with Gasteiger partial charge in [0.1, 0.15) is 6.33 Å². The number of methoxy groups -OCH3 is 1. The highest BCUT2D eigenvalue weighted by atomic mass is 16.5. The fraction of sp³-hybridized carbons (Fsp3) is 0.500. The molecule has 1 unspecified atom stereocenters. The summed E-state index contributed by atoms with van der Waals surface area (Å²) in [4.78, 5) is 18.9. The van der Waals surface area contributed by atoms with E-state index in [1.807, 2.05) is 0 Å². The van der Waals surface area contributed by atoms with Crippen LogP contribution in [0.5, 0.6) is 0 Å². The minimum atomic E-state index is -0.936. The third-order valence-electron chi connectivity index (χ3n) is 2.84. The van der Waals surface area contributed by atoms with Gasteiger partial charge in [0.25, 0.3) is 0 Å². The first-order valence-electron chi connectivity index (χ1n) is 4.73. The number of hydrogen-bond donors (Lipinski definition) is 1. The second-order valence-corrected chi connectivity index (χ2v) is 3.70. The molecule has 1 aromatic rings. The Kier molecular flexibility index (Phi) is 2.40. The van der Waals surface area contributed by atoms with E-state index in [2.05, 4.69) is 9.97 Å². The normalized spacial score (nSPS) is 19.5. The van der Waals surface area contributed by atoms with E-state index in [0.29, 0.717) is 0 Å². The molecule has 1 saturated carbocycles. The van der Waals surface area contributed by atoms with Crippen molar-refractivity contribution in [2.24, 2.45) is 0 Å². The van der Waals surface area contributed by atoms with E-state index in [9.17, 15) is 4.79 Å². The first kappa shape index (κ1) is 10.0. The predicted molar refractivity (Wildman–Crippen MR) is 51.4 cm³/mol. The van der Waals surface area contributed by atoms with Crippen molar-refractivity contribution in [1.29, 1.82) is 0 Å². The second kappa shape index (κ2) is 3.58. The zero-order valence-corrected chi connectivity index (χ0v) is 8.38. The molecule has 80 valence electrons. The van der Waals surface area contributed by atoms with Crippen LogP contribution in [0.3, 0.4) is 0 Å². The summed E-state index contributed by atoms with van der Waals surface area (Å²) in [7, 11) is 1.42. The van der Waals surface area contributed by atoms with Crippen molar-refractivity contribution in [2.75, 3.05) is 7.11 Å². The SMILES string of the molecule is COC(C(=O)O)C1(c2ccncn2)CC1. The minimum Gasteiger partial charge on any atom is -0.479 e. The van der Waals surface area contributed by atoms with Gasteiger partial charge in [-0.15, -0.1) is 0 Å². The van der Waals surface area contributed by atoms with Gasteiger partial charge in [0.15, 0.2) is 6.10 Å². The van der Waals surface area contributed by atoms with E-state index in [1.54, 1.807) is 12.3 Å². The molecule has 1 heterocycles. The number of carbonyl (C=O) groups is 1. The highest BCUT2D eigenvalue weighted by Gasteiger charge is 2.55. The number of ether oxygens (including phenoxy) is 1. The maximum absolute atomic E-state index is 11.0. The average molecular weight is 208 g/mol. The number of aromatic nitrogens is 2. The van der Waals surface area contributed by atoms with Crippen molar-refractivity contribution in [2.45, 2.75) is 24.4 Å². The molecular weight excluding hydrogens is 196 g/mol. The first-order chi connectivity index (χ1) is 7.20. The molecule has 1 fully saturated rings. The highest BCUT2D eigenvalue weighted by Crippen LogP contribution is 2.51. The Morgan fingerprint density at radius 1 is 1.67 bits per heavy atom.